The maximum Gasteiger partial charge on any atom is 0.402 e. The van der Waals surface area contributed by atoms with E-state index in [1.807, 2.05) is 6.08 Å². The van der Waals surface area contributed by atoms with Crippen LogP contribution >= 0.6 is 0 Å². The number of rotatable bonds is 3. The van der Waals surface area contributed by atoms with E-state index in [-0.39, 0.29) is 29.4 Å². The van der Waals surface area contributed by atoms with Crippen LogP contribution in [0.5, 0.6) is 0 Å². The number of anilines is 1. The van der Waals surface area contributed by atoms with Crippen molar-refractivity contribution in [2.75, 3.05) is 37.7 Å². The number of alkyl halides is 3. The molecule has 3 N–H and O–H groups in total. The lowest BCUT2D eigenvalue weighted by Gasteiger charge is -2.44. The molecular formula is C26H33F3N6O2. The summed E-state index contributed by atoms with van der Waals surface area (Å²) in [5.74, 6) is -0.256. The smallest absolute Gasteiger partial charge is 0.345 e. The van der Waals surface area contributed by atoms with Gasteiger partial charge in [-0.3, -0.25) is 9.59 Å². The van der Waals surface area contributed by atoms with Gasteiger partial charge in [0.05, 0.1) is 12.2 Å². The topological polar surface area (TPSA) is 80.0 Å². The predicted molar refractivity (Wildman–Crippen MR) is 134 cm³/mol. The van der Waals surface area contributed by atoms with E-state index < -0.39 is 12.7 Å². The molecule has 0 saturated carbocycles. The summed E-state index contributed by atoms with van der Waals surface area (Å²) < 4.78 is 38.3. The van der Waals surface area contributed by atoms with Crippen LogP contribution < -0.4 is 21.2 Å². The number of nitrogens with zero attached hydrogens (tertiary/aromatic N) is 3. The van der Waals surface area contributed by atoms with Gasteiger partial charge < -0.3 is 20.7 Å². The molecule has 0 unspecified atom stereocenters. The number of piperidine rings is 1. The lowest BCUT2D eigenvalue weighted by molar-refractivity contribution is -0.125. The summed E-state index contributed by atoms with van der Waals surface area (Å²) in [7, 11) is 0. The molecule has 4 aliphatic heterocycles. The molecule has 8 nitrogen and oxygen atoms in total. The van der Waals surface area contributed by atoms with E-state index in [0.717, 1.165) is 17.6 Å². The molecule has 0 atom stereocenters. The van der Waals surface area contributed by atoms with Crippen molar-refractivity contribution in [3.8, 4) is 0 Å². The number of amides is 2. The quantitative estimate of drug-likeness (QED) is 0.571. The number of carbonyl (C=O) groups excluding carboxylic acids is 2. The van der Waals surface area contributed by atoms with Gasteiger partial charge in [-0.25, -0.2) is 10.4 Å². The van der Waals surface area contributed by atoms with Gasteiger partial charge in [0.25, 0.3) is 11.8 Å². The largest absolute Gasteiger partial charge is 0.402 e. The Morgan fingerprint density at radius 3 is 2.57 bits per heavy atom. The summed E-state index contributed by atoms with van der Waals surface area (Å²) in [5.41, 5.74) is 8.65. The van der Waals surface area contributed by atoms with Crippen molar-refractivity contribution >= 4 is 23.6 Å². The second-order valence-electron chi connectivity index (χ2n) is 11.3. The van der Waals surface area contributed by atoms with Crippen molar-refractivity contribution in [1.82, 2.24) is 26.1 Å². The molecule has 200 valence electrons. The Morgan fingerprint density at radius 1 is 1.16 bits per heavy atom. The van der Waals surface area contributed by atoms with Gasteiger partial charge in [0.1, 0.15) is 12.2 Å². The number of likely N-dealkylation sites (tertiary alicyclic amines) is 1. The summed E-state index contributed by atoms with van der Waals surface area (Å²) in [6.07, 6.45) is 1.31. The van der Waals surface area contributed by atoms with E-state index >= 15 is 0 Å². The number of hydrogen-bond donors (Lipinski definition) is 3. The predicted octanol–water partition coefficient (Wildman–Crippen LogP) is 2.95. The number of hydrazine groups is 2. The van der Waals surface area contributed by atoms with Crippen molar-refractivity contribution in [1.29, 1.82) is 0 Å². The van der Waals surface area contributed by atoms with Gasteiger partial charge in [0.2, 0.25) is 0 Å². The van der Waals surface area contributed by atoms with E-state index in [4.69, 9.17) is 0 Å². The van der Waals surface area contributed by atoms with Gasteiger partial charge in [0, 0.05) is 36.3 Å². The number of nitrogens with one attached hydrogen (secondary N) is 3. The lowest BCUT2D eigenvalue weighted by atomic mass is 9.78. The molecule has 11 heteroatoms. The third-order valence-electron chi connectivity index (χ3n) is 7.55. The summed E-state index contributed by atoms with van der Waals surface area (Å²) >= 11 is 0. The molecule has 1 fully saturated rings. The van der Waals surface area contributed by atoms with Crippen molar-refractivity contribution in [2.45, 2.75) is 57.3 Å². The first-order valence-corrected chi connectivity index (χ1v) is 12.6. The van der Waals surface area contributed by atoms with E-state index in [2.05, 4.69) is 41.9 Å². The van der Waals surface area contributed by atoms with Crippen molar-refractivity contribution < 1.29 is 22.8 Å². The number of carbonyl (C=O) groups is 2. The van der Waals surface area contributed by atoms with Crippen LogP contribution in [0.3, 0.4) is 0 Å². The molecule has 1 aromatic rings. The van der Waals surface area contributed by atoms with Crippen LogP contribution in [0.4, 0.5) is 18.9 Å². The fourth-order valence-electron chi connectivity index (χ4n) is 5.43. The third-order valence-corrected chi connectivity index (χ3v) is 7.55. The Morgan fingerprint density at radius 2 is 1.89 bits per heavy atom. The zero-order valence-corrected chi connectivity index (χ0v) is 21.3. The zero-order valence-electron chi connectivity index (χ0n) is 21.3. The Balaban J connectivity index is 1.25. The van der Waals surface area contributed by atoms with E-state index in [1.165, 1.54) is 5.01 Å². The second kappa shape index (κ2) is 9.05. The van der Waals surface area contributed by atoms with Gasteiger partial charge in [0.15, 0.2) is 0 Å². The molecule has 2 amide bonds. The van der Waals surface area contributed by atoms with Gasteiger partial charge >= 0.3 is 6.18 Å². The fraction of sp³-hybridized carbons (Fsp3) is 0.538. The highest BCUT2D eigenvalue weighted by Crippen LogP contribution is 2.37. The first kappa shape index (κ1) is 25.6. The van der Waals surface area contributed by atoms with Crippen LogP contribution in [0.15, 0.2) is 35.5 Å². The highest BCUT2D eigenvalue weighted by atomic mass is 19.4. The molecule has 5 rings (SSSR count). The van der Waals surface area contributed by atoms with Gasteiger partial charge in [-0.2, -0.15) is 13.2 Å². The Labute approximate surface area is 214 Å². The molecule has 1 saturated heterocycles. The summed E-state index contributed by atoms with van der Waals surface area (Å²) in [6, 6.07) is 5.13. The van der Waals surface area contributed by atoms with E-state index in [1.54, 1.807) is 29.2 Å². The first-order valence-electron chi connectivity index (χ1n) is 12.6. The van der Waals surface area contributed by atoms with Crippen LogP contribution in [-0.4, -0.2) is 71.7 Å². The zero-order chi connectivity index (χ0) is 26.6. The third kappa shape index (κ3) is 5.19. The molecule has 0 radical (unpaired) electrons. The molecule has 0 aromatic heterocycles. The normalized spacial score (nSPS) is 21.6. The van der Waals surface area contributed by atoms with Crippen molar-refractivity contribution in [2.24, 2.45) is 0 Å². The number of halogens is 3. The van der Waals surface area contributed by atoms with Crippen LogP contribution in [-0.2, 0) is 4.79 Å². The van der Waals surface area contributed by atoms with Gasteiger partial charge in [-0.05, 0) is 63.3 Å². The van der Waals surface area contributed by atoms with Crippen molar-refractivity contribution in [3.63, 3.8) is 0 Å². The highest BCUT2D eigenvalue weighted by molar-refractivity contribution is 5.97. The van der Waals surface area contributed by atoms with Crippen LogP contribution in [0, 0.1) is 0 Å². The number of fused-ring (bicyclic) bond motifs is 1. The summed E-state index contributed by atoms with van der Waals surface area (Å²) in [4.78, 5) is 28.0. The molecule has 1 spiro atoms. The second-order valence-corrected chi connectivity index (χ2v) is 11.3. The Kier molecular flexibility index (Phi) is 6.26. The minimum absolute atomic E-state index is 0.0954. The van der Waals surface area contributed by atoms with E-state index in [0.29, 0.717) is 49.4 Å². The molecule has 0 aliphatic carbocycles. The Hall–Kier alpha value is -3.05. The van der Waals surface area contributed by atoms with E-state index in [9.17, 15) is 22.8 Å². The summed E-state index contributed by atoms with van der Waals surface area (Å²) in [6.45, 7) is 7.08. The number of benzene rings is 1. The molecule has 37 heavy (non-hydrogen) atoms. The minimum atomic E-state index is -4.34. The molecular weight excluding hydrogens is 485 g/mol. The molecule has 4 heterocycles. The van der Waals surface area contributed by atoms with Crippen LogP contribution in [0.1, 0.15) is 56.0 Å². The maximum absolute atomic E-state index is 13.4. The highest BCUT2D eigenvalue weighted by Gasteiger charge is 2.45. The number of hydrogen-bond acceptors (Lipinski definition) is 6. The fourth-order valence-corrected chi connectivity index (χ4v) is 5.43. The average Bonchev–Trinajstić information content (AvgIpc) is 3.27. The summed E-state index contributed by atoms with van der Waals surface area (Å²) in [5, 5.41) is 6.71. The van der Waals surface area contributed by atoms with Crippen LogP contribution in [0.25, 0.3) is 6.08 Å². The standard InChI is InChI=1S/C26H33F3N6O2/c1-24(2,3)35-15-19-14-25(31-22(36)21(19)32-35)8-11-33(12-9-25)23(37)18-7-6-17-5-4-10-34(20(17)13-18)30-16-26(27,28)29/h4-7,13,30,32H,8-12,14-16H2,1-3H3,(H,31,36). The first-order chi connectivity index (χ1) is 17.3. The lowest BCUT2D eigenvalue weighted by Crippen LogP contribution is -2.59. The van der Waals surface area contributed by atoms with Crippen molar-refractivity contribution in [3.05, 3.63) is 46.7 Å². The molecule has 0 bridgehead atoms. The maximum atomic E-state index is 13.4. The average molecular weight is 519 g/mol. The molecule has 1 aromatic carbocycles. The Bertz CT molecular complexity index is 1160. The van der Waals surface area contributed by atoms with Gasteiger partial charge in [-0.1, -0.05) is 18.2 Å². The monoisotopic (exact) mass is 518 g/mol. The minimum Gasteiger partial charge on any atom is -0.345 e. The molecule has 4 aliphatic rings. The van der Waals surface area contributed by atoms with Crippen LogP contribution in [0.2, 0.25) is 0 Å². The van der Waals surface area contributed by atoms with Gasteiger partial charge in [-0.15, -0.1) is 0 Å². The SMILES string of the molecule is CC(C)(C)N1CC2=C(N1)C(=O)NC1(CCN(C(=O)c3ccc4c(c3)N(NCC(F)(F)F)CC=C4)CC1)C2.